The van der Waals surface area contributed by atoms with E-state index in [9.17, 15) is 4.79 Å². The first kappa shape index (κ1) is 14.3. The van der Waals surface area contributed by atoms with E-state index in [1.54, 1.807) is 12.1 Å². The number of pyridine rings is 1. The molecule has 1 aromatic rings. The van der Waals surface area contributed by atoms with Gasteiger partial charge in [0.1, 0.15) is 5.15 Å². The Morgan fingerprint density at radius 3 is 2.79 bits per heavy atom. The van der Waals surface area contributed by atoms with Gasteiger partial charge in [0.25, 0.3) is 5.91 Å². The molecule has 19 heavy (non-hydrogen) atoms. The zero-order valence-corrected chi connectivity index (χ0v) is 12.2. The quantitative estimate of drug-likeness (QED) is 0.863. The average Bonchev–Trinajstić information content (AvgIpc) is 2.36. The summed E-state index contributed by atoms with van der Waals surface area (Å²) in [6, 6.07) is 3.37. The largest absolute Gasteiger partial charge is 0.352 e. The summed E-state index contributed by atoms with van der Waals surface area (Å²) in [5.74, 6) is 0.518. The van der Waals surface area contributed by atoms with E-state index >= 15 is 0 Å². The number of rotatable bonds is 3. The number of aryl methyl sites for hydroxylation is 1. The third-order valence-electron chi connectivity index (χ3n) is 3.57. The Morgan fingerprint density at radius 2 is 2.16 bits per heavy atom. The first-order chi connectivity index (χ1) is 9.04. The van der Waals surface area contributed by atoms with Gasteiger partial charge >= 0.3 is 0 Å². The second-order valence-electron chi connectivity index (χ2n) is 5.28. The van der Waals surface area contributed by atoms with Gasteiger partial charge < -0.3 is 10.2 Å². The van der Waals surface area contributed by atoms with Gasteiger partial charge in [-0.1, -0.05) is 11.6 Å². The Balaban J connectivity index is 1.87. The number of hydrogen-bond donors (Lipinski definition) is 1. The lowest BCUT2D eigenvalue weighted by Crippen LogP contribution is -2.36. The molecule has 0 spiro atoms. The molecule has 0 atom stereocenters. The molecule has 0 radical (unpaired) electrons. The van der Waals surface area contributed by atoms with E-state index in [1.165, 1.54) is 0 Å². The van der Waals surface area contributed by atoms with Crippen LogP contribution >= 0.6 is 11.6 Å². The van der Waals surface area contributed by atoms with Crippen molar-refractivity contribution in [1.29, 1.82) is 0 Å². The van der Waals surface area contributed by atoms with Crippen molar-refractivity contribution in [3.63, 3.8) is 0 Å². The number of aromatic nitrogens is 1. The first-order valence-corrected chi connectivity index (χ1v) is 7.03. The molecule has 4 nitrogen and oxygen atoms in total. The number of carbonyl (C=O) groups is 1. The van der Waals surface area contributed by atoms with Crippen molar-refractivity contribution in [2.75, 3.05) is 26.7 Å². The number of nitrogens with zero attached hydrogens (tertiary/aromatic N) is 2. The van der Waals surface area contributed by atoms with Crippen molar-refractivity contribution in [3.8, 4) is 0 Å². The maximum absolute atomic E-state index is 12.0. The maximum atomic E-state index is 12.0. The highest BCUT2D eigenvalue weighted by Crippen LogP contribution is 2.15. The molecule has 0 bridgehead atoms. The van der Waals surface area contributed by atoms with Gasteiger partial charge in [-0.2, -0.15) is 0 Å². The second kappa shape index (κ2) is 6.35. The van der Waals surface area contributed by atoms with Crippen molar-refractivity contribution in [3.05, 3.63) is 28.5 Å². The van der Waals surface area contributed by atoms with Gasteiger partial charge in [0, 0.05) is 17.8 Å². The normalized spacial score (nSPS) is 17.4. The van der Waals surface area contributed by atoms with Crippen LogP contribution in [-0.2, 0) is 0 Å². The molecule has 1 fully saturated rings. The van der Waals surface area contributed by atoms with E-state index < -0.39 is 0 Å². The van der Waals surface area contributed by atoms with Crippen molar-refractivity contribution < 1.29 is 4.79 Å². The Bertz CT molecular complexity index is 436. The Morgan fingerprint density at radius 1 is 1.47 bits per heavy atom. The summed E-state index contributed by atoms with van der Waals surface area (Å²) in [7, 11) is 2.14. The summed E-state index contributed by atoms with van der Waals surface area (Å²) < 4.78 is 0. The standard InChI is InChI=1S/C14H20ClN3O/c1-10-7-12(8-13(15)17-10)14(19)16-9-11-3-5-18(2)6-4-11/h7-8,11H,3-6,9H2,1-2H3,(H,16,19). The van der Waals surface area contributed by atoms with Crippen LogP contribution in [0.15, 0.2) is 12.1 Å². The van der Waals surface area contributed by atoms with Crippen LogP contribution < -0.4 is 5.32 Å². The van der Waals surface area contributed by atoms with Crippen molar-refractivity contribution in [2.24, 2.45) is 5.92 Å². The fourth-order valence-electron chi connectivity index (χ4n) is 2.36. The number of hydrogen-bond acceptors (Lipinski definition) is 3. The highest BCUT2D eigenvalue weighted by molar-refractivity contribution is 6.29. The summed E-state index contributed by atoms with van der Waals surface area (Å²) in [5.41, 5.74) is 1.35. The molecule has 1 saturated heterocycles. The zero-order valence-electron chi connectivity index (χ0n) is 11.4. The molecule has 0 unspecified atom stereocenters. The molecule has 0 aromatic carbocycles. The Labute approximate surface area is 119 Å². The Kier molecular flexibility index (Phi) is 4.77. The van der Waals surface area contributed by atoms with E-state index in [-0.39, 0.29) is 5.91 Å². The third kappa shape index (κ3) is 4.18. The number of carbonyl (C=O) groups excluding carboxylic acids is 1. The van der Waals surface area contributed by atoms with Crippen molar-refractivity contribution in [1.82, 2.24) is 15.2 Å². The highest BCUT2D eigenvalue weighted by Gasteiger charge is 2.17. The van der Waals surface area contributed by atoms with Crippen LogP contribution in [0.1, 0.15) is 28.9 Å². The molecule has 2 rings (SSSR count). The van der Waals surface area contributed by atoms with Gasteiger partial charge in [0.2, 0.25) is 0 Å². The zero-order chi connectivity index (χ0) is 13.8. The molecule has 2 heterocycles. The van der Waals surface area contributed by atoms with Gasteiger partial charge in [-0.3, -0.25) is 4.79 Å². The molecule has 5 heteroatoms. The number of nitrogens with one attached hydrogen (secondary N) is 1. The fourth-order valence-corrected chi connectivity index (χ4v) is 2.62. The smallest absolute Gasteiger partial charge is 0.251 e. The van der Waals surface area contributed by atoms with Gasteiger partial charge in [-0.25, -0.2) is 4.98 Å². The minimum atomic E-state index is -0.0636. The van der Waals surface area contributed by atoms with Crippen molar-refractivity contribution in [2.45, 2.75) is 19.8 Å². The summed E-state index contributed by atoms with van der Waals surface area (Å²) in [6.07, 6.45) is 2.29. The maximum Gasteiger partial charge on any atom is 0.251 e. The third-order valence-corrected chi connectivity index (χ3v) is 3.77. The average molecular weight is 282 g/mol. The molecule has 1 N–H and O–H groups in total. The van der Waals surface area contributed by atoms with E-state index in [4.69, 9.17) is 11.6 Å². The van der Waals surface area contributed by atoms with E-state index in [0.29, 0.717) is 16.6 Å². The lowest BCUT2D eigenvalue weighted by atomic mass is 9.97. The van der Waals surface area contributed by atoms with E-state index in [1.807, 2.05) is 6.92 Å². The predicted molar refractivity (Wildman–Crippen MR) is 76.5 cm³/mol. The predicted octanol–water partition coefficient (Wildman–Crippen LogP) is 2.12. The summed E-state index contributed by atoms with van der Waals surface area (Å²) in [5, 5.41) is 3.36. The molecule has 1 aliphatic rings. The fraction of sp³-hybridized carbons (Fsp3) is 0.571. The SMILES string of the molecule is Cc1cc(C(=O)NCC2CCN(C)CC2)cc(Cl)n1. The van der Waals surface area contributed by atoms with Crippen LogP contribution in [0.4, 0.5) is 0 Å². The van der Waals surface area contributed by atoms with Gasteiger partial charge in [-0.05, 0) is 58.0 Å². The molecule has 1 aromatic heterocycles. The first-order valence-electron chi connectivity index (χ1n) is 6.65. The van der Waals surface area contributed by atoms with Crippen LogP contribution in [0.2, 0.25) is 5.15 Å². The van der Waals surface area contributed by atoms with Gasteiger partial charge in [0.05, 0.1) is 0 Å². The highest BCUT2D eigenvalue weighted by atomic mass is 35.5. The summed E-state index contributed by atoms with van der Waals surface area (Å²) in [4.78, 5) is 18.4. The molecule has 1 aliphatic heterocycles. The molecule has 0 aliphatic carbocycles. The minimum absolute atomic E-state index is 0.0636. The molecular formula is C14H20ClN3O. The van der Waals surface area contributed by atoms with Crippen LogP contribution in [0, 0.1) is 12.8 Å². The number of amides is 1. The lowest BCUT2D eigenvalue weighted by molar-refractivity contribution is 0.0939. The number of halogens is 1. The lowest BCUT2D eigenvalue weighted by Gasteiger charge is -2.28. The molecular weight excluding hydrogens is 262 g/mol. The molecule has 1 amide bonds. The van der Waals surface area contributed by atoms with Gasteiger partial charge in [0.15, 0.2) is 0 Å². The van der Waals surface area contributed by atoms with Crippen LogP contribution in [0.5, 0.6) is 0 Å². The summed E-state index contributed by atoms with van der Waals surface area (Å²) >= 11 is 5.86. The number of piperidine rings is 1. The monoisotopic (exact) mass is 281 g/mol. The molecule has 0 saturated carbocycles. The van der Waals surface area contributed by atoms with E-state index in [0.717, 1.165) is 38.2 Å². The second-order valence-corrected chi connectivity index (χ2v) is 5.66. The topological polar surface area (TPSA) is 45.2 Å². The Hall–Kier alpha value is -1.13. The van der Waals surface area contributed by atoms with Crippen LogP contribution in [-0.4, -0.2) is 42.5 Å². The van der Waals surface area contributed by atoms with Crippen LogP contribution in [0.3, 0.4) is 0 Å². The van der Waals surface area contributed by atoms with Gasteiger partial charge in [-0.15, -0.1) is 0 Å². The molecule has 104 valence electrons. The number of likely N-dealkylation sites (tertiary alicyclic amines) is 1. The van der Waals surface area contributed by atoms with Crippen LogP contribution in [0.25, 0.3) is 0 Å². The van der Waals surface area contributed by atoms with E-state index in [2.05, 4.69) is 22.2 Å². The minimum Gasteiger partial charge on any atom is -0.352 e. The van der Waals surface area contributed by atoms with Crippen molar-refractivity contribution >= 4 is 17.5 Å². The summed E-state index contributed by atoms with van der Waals surface area (Å²) in [6.45, 7) is 4.80.